The number of benzene rings is 1. The molecule has 88 valence electrons. The van der Waals surface area contributed by atoms with Crippen molar-refractivity contribution in [1.82, 2.24) is 5.32 Å². The molecule has 1 N–H and O–H groups in total. The van der Waals surface area contributed by atoms with Crippen LogP contribution in [-0.4, -0.2) is 7.05 Å². The van der Waals surface area contributed by atoms with Crippen LogP contribution < -0.4 is 5.32 Å². The van der Waals surface area contributed by atoms with Crippen LogP contribution in [0.15, 0.2) is 30.4 Å². The van der Waals surface area contributed by atoms with Crippen molar-refractivity contribution in [3.63, 3.8) is 0 Å². The molecule has 1 aromatic carbocycles. The SMILES string of the molecule is C=C(C)CCC(NC)c1ccc(Cl)cc1F. The summed E-state index contributed by atoms with van der Waals surface area (Å²) in [6.07, 6.45) is 1.72. The van der Waals surface area contributed by atoms with Gasteiger partial charge in [0.1, 0.15) is 5.82 Å². The Hall–Kier alpha value is -0.860. The molecule has 0 aliphatic rings. The molecule has 0 heterocycles. The summed E-state index contributed by atoms with van der Waals surface area (Å²) >= 11 is 5.72. The van der Waals surface area contributed by atoms with Gasteiger partial charge in [-0.05, 0) is 38.9 Å². The first-order valence-electron chi connectivity index (χ1n) is 5.31. The largest absolute Gasteiger partial charge is 0.313 e. The molecule has 0 saturated carbocycles. The Morgan fingerprint density at radius 2 is 2.25 bits per heavy atom. The fourth-order valence-corrected chi connectivity index (χ4v) is 1.79. The molecule has 3 heteroatoms. The smallest absolute Gasteiger partial charge is 0.129 e. The van der Waals surface area contributed by atoms with Crippen LogP contribution in [0.5, 0.6) is 0 Å². The average molecular weight is 242 g/mol. The first-order valence-corrected chi connectivity index (χ1v) is 5.69. The molecule has 0 amide bonds. The number of allylic oxidation sites excluding steroid dienone is 1. The standard InChI is InChI=1S/C13H17ClFN/c1-9(2)4-7-13(16-3)11-6-5-10(14)8-12(11)15/h5-6,8,13,16H,1,4,7H2,2-3H3. The van der Waals surface area contributed by atoms with Gasteiger partial charge in [0.05, 0.1) is 0 Å². The fourth-order valence-electron chi connectivity index (χ4n) is 1.63. The summed E-state index contributed by atoms with van der Waals surface area (Å²) in [7, 11) is 1.83. The molecule has 0 bridgehead atoms. The van der Waals surface area contributed by atoms with Gasteiger partial charge in [0.25, 0.3) is 0 Å². The van der Waals surface area contributed by atoms with E-state index in [1.165, 1.54) is 6.07 Å². The van der Waals surface area contributed by atoms with Crippen LogP contribution in [0.3, 0.4) is 0 Å². The molecule has 0 aliphatic carbocycles. The maximum atomic E-state index is 13.7. The Kier molecular flexibility index (Phi) is 4.97. The number of hydrogen-bond acceptors (Lipinski definition) is 1. The van der Waals surface area contributed by atoms with Crippen LogP contribution in [-0.2, 0) is 0 Å². The van der Waals surface area contributed by atoms with Gasteiger partial charge in [0.2, 0.25) is 0 Å². The van der Waals surface area contributed by atoms with Crippen molar-refractivity contribution < 1.29 is 4.39 Å². The van der Waals surface area contributed by atoms with Gasteiger partial charge in [-0.3, -0.25) is 0 Å². The van der Waals surface area contributed by atoms with Crippen molar-refractivity contribution in [2.24, 2.45) is 0 Å². The van der Waals surface area contributed by atoms with Crippen LogP contribution >= 0.6 is 11.6 Å². The molecular formula is C13H17ClFN. The Morgan fingerprint density at radius 3 is 2.75 bits per heavy atom. The summed E-state index contributed by atoms with van der Waals surface area (Å²) in [6, 6.07) is 4.80. The van der Waals surface area contributed by atoms with E-state index < -0.39 is 0 Å². The highest BCUT2D eigenvalue weighted by Gasteiger charge is 2.13. The Labute approximate surface area is 101 Å². The molecule has 1 nitrogen and oxygen atoms in total. The fraction of sp³-hybridized carbons (Fsp3) is 0.385. The van der Waals surface area contributed by atoms with Gasteiger partial charge in [-0.2, -0.15) is 0 Å². The van der Waals surface area contributed by atoms with Crippen LogP contribution in [0.4, 0.5) is 4.39 Å². The summed E-state index contributed by atoms with van der Waals surface area (Å²) in [5.41, 5.74) is 1.77. The first kappa shape index (κ1) is 13.2. The third-order valence-corrected chi connectivity index (χ3v) is 2.78. The molecule has 16 heavy (non-hydrogen) atoms. The number of halogens is 2. The molecule has 0 radical (unpaired) electrons. The van der Waals surface area contributed by atoms with Gasteiger partial charge in [-0.25, -0.2) is 4.39 Å². The molecule has 0 aromatic heterocycles. The average Bonchev–Trinajstić information content (AvgIpc) is 2.21. The molecule has 0 spiro atoms. The second kappa shape index (κ2) is 6.02. The second-order valence-electron chi connectivity index (χ2n) is 4.00. The van der Waals surface area contributed by atoms with Crippen molar-refractivity contribution >= 4 is 11.6 Å². The maximum absolute atomic E-state index is 13.7. The summed E-state index contributed by atoms with van der Waals surface area (Å²) in [5, 5.41) is 3.54. The topological polar surface area (TPSA) is 12.0 Å². The summed E-state index contributed by atoms with van der Waals surface area (Å²) in [6.45, 7) is 5.83. The molecule has 1 aromatic rings. The van der Waals surface area contributed by atoms with Gasteiger partial charge in [0, 0.05) is 16.6 Å². The lowest BCUT2D eigenvalue weighted by Crippen LogP contribution is -2.17. The van der Waals surface area contributed by atoms with E-state index in [9.17, 15) is 4.39 Å². The van der Waals surface area contributed by atoms with Crippen LogP contribution in [0.2, 0.25) is 5.02 Å². The van der Waals surface area contributed by atoms with Crippen LogP contribution in [0.1, 0.15) is 31.4 Å². The first-order chi connectivity index (χ1) is 7.54. The highest BCUT2D eigenvalue weighted by atomic mass is 35.5. The van der Waals surface area contributed by atoms with Crippen molar-refractivity contribution in [3.8, 4) is 0 Å². The number of rotatable bonds is 5. The highest BCUT2D eigenvalue weighted by molar-refractivity contribution is 6.30. The van der Waals surface area contributed by atoms with Crippen molar-refractivity contribution in [2.75, 3.05) is 7.05 Å². The second-order valence-corrected chi connectivity index (χ2v) is 4.44. The van der Waals surface area contributed by atoms with Crippen LogP contribution in [0, 0.1) is 5.82 Å². The zero-order valence-electron chi connectivity index (χ0n) is 9.69. The highest BCUT2D eigenvalue weighted by Crippen LogP contribution is 2.24. The van der Waals surface area contributed by atoms with Crippen LogP contribution in [0.25, 0.3) is 0 Å². The Balaban J connectivity index is 2.82. The molecule has 1 unspecified atom stereocenters. The van der Waals surface area contributed by atoms with Gasteiger partial charge >= 0.3 is 0 Å². The van der Waals surface area contributed by atoms with E-state index in [1.54, 1.807) is 12.1 Å². The molecule has 0 aliphatic heterocycles. The van der Waals surface area contributed by atoms with E-state index in [2.05, 4.69) is 11.9 Å². The maximum Gasteiger partial charge on any atom is 0.129 e. The molecular weight excluding hydrogens is 225 g/mol. The summed E-state index contributed by atoms with van der Waals surface area (Å²) in [5.74, 6) is -0.256. The number of hydrogen-bond donors (Lipinski definition) is 1. The van der Waals surface area contributed by atoms with E-state index in [4.69, 9.17) is 11.6 Å². The normalized spacial score (nSPS) is 12.5. The molecule has 0 fully saturated rings. The molecule has 0 saturated heterocycles. The van der Waals surface area contributed by atoms with E-state index in [-0.39, 0.29) is 11.9 Å². The molecule has 1 rings (SSSR count). The Bertz CT molecular complexity index is 376. The minimum Gasteiger partial charge on any atom is -0.313 e. The number of nitrogens with one attached hydrogen (secondary N) is 1. The summed E-state index contributed by atoms with van der Waals surface area (Å²) in [4.78, 5) is 0. The van der Waals surface area contributed by atoms with Gasteiger partial charge in [-0.15, -0.1) is 6.58 Å². The van der Waals surface area contributed by atoms with Gasteiger partial charge < -0.3 is 5.32 Å². The van der Waals surface area contributed by atoms with E-state index in [1.807, 2.05) is 14.0 Å². The van der Waals surface area contributed by atoms with E-state index in [0.717, 1.165) is 18.4 Å². The molecule has 1 atom stereocenters. The predicted molar refractivity (Wildman–Crippen MR) is 67.3 cm³/mol. The monoisotopic (exact) mass is 241 g/mol. The van der Waals surface area contributed by atoms with Gasteiger partial charge in [-0.1, -0.05) is 23.2 Å². The van der Waals surface area contributed by atoms with Crippen molar-refractivity contribution in [2.45, 2.75) is 25.8 Å². The lowest BCUT2D eigenvalue weighted by atomic mass is 9.99. The predicted octanol–water partition coefficient (Wildman–Crippen LogP) is 4.10. The quantitative estimate of drug-likeness (QED) is 0.766. The van der Waals surface area contributed by atoms with Crippen molar-refractivity contribution in [1.29, 1.82) is 0 Å². The minimum absolute atomic E-state index is 0.00830. The lowest BCUT2D eigenvalue weighted by Gasteiger charge is -2.17. The van der Waals surface area contributed by atoms with E-state index >= 15 is 0 Å². The lowest BCUT2D eigenvalue weighted by molar-refractivity contribution is 0.508. The third-order valence-electron chi connectivity index (χ3n) is 2.55. The Morgan fingerprint density at radius 1 is 1.56 bits per heavy atom. The zero-order valence-corrected chi connectivity index (χ0v) is 10.4. The third kappa shape index (κ3) is 3.62. The zero-order chi connectivity index (χ0) is 12.1. The minimum atomic E-state index is -0.256. The van der Waals surface area contributed by atoms with Gasteiger partial charge in [0.15, 0.2) is 0 Å². The summed E-state index contributed by atoms with van der Waals surface area (Å²) < 4.78 is 13.7. The van der Waals surface area contributed by atoms with E-state index in [0.29, 0.717) is 10.6 Å². The van der Waals surface area contributed by atoms with Crippen molar-refractivity contribution in [3.05, 3.63) is 46.8 Å².